The second-order valence-electron chi connectivity index (χ2n) is 7.78. The summed E-state index contributed by atoms with van der Waals surface area (Å²) >= 11 is 12.1. The van der Waals surface area contributed by atoms with Crippen LogP contribution in [0.3, 0.4) is 0 Å². The highest BCUT2D eigenvalue weighted by atomic mass is 35.5. The monoisotopic (exact) mass is 409 g/mol. The molecule has 0 aliphatic heterocycles. The summed E-state index contributed by atoms with van der Waals surface area (Å²) in [6.45, 7) is 10.5. The number of aromatic nitrogens is 2. The van der Waals surface area contributed by atoms with E-state index in [-0.39, 0.29) is 23.8 Å². The smallest absolute Gasteiger partial charge is 0.223 e. The Morgan fingerprint density at radius 2 is 1.89 bits per heavy atom. The van der Waals surface area contributed by atoms with Crippen molar-refractivity contribution < 1.29 is 4.79 Å². The van der Waals surface area contributed by atoms with Crippen LogP contribution in [-0.4, -0.2) is 15.9 Å². The van der Waals surface area contributed by atoms with Crippen LogP contribution in [0.2, 0.25) is 10.0 Å². The average molecular weight is 410 g/mol. The van der Waals surface area contributed by atoms with Gasteiger partial charge in [-0.2, -0.15) is 0 Å². The summed E-state index contributed by atoms with van der Waals surface area (Å²) in [7, 11) is 0. The number of halogens is 2. The first-order valence-corrected chi connectivity index (χ1v) is 10.3. The zero-order chi connectivity index (χ0) is 20.1. The van der Waals surface area contributed by atoms with Gasteiger partial charge in [0, 0.05) is 11.5 Å². The molecule has 1 heterocycles. The van der Waals surface area contributed by atoms with Crippen LogP contribution in [0.5, 0.6) is 0 Å². The Hall–Kier alpha value is -1.52. The Bertz CT molecular complexity index is 771. The van der Waals surface area contributed by atoms with E-state index in [4.69, 9.17) is 23.2 Å². The number of carbonyl (C=O) groups excluding carboxylic acids is 1. The molecule has 4 nitrogen and oxygen atoms in total. The molecule has 1 unspecified atom stereocenters. The van der Waals surface area contributed by atoms with Gasteiger partial charge < -0.3 is 10.3 Å². The molecule has 1 aromatic heterocycles. The topological polar surface area (TPSA) is 57.8 Å². The maximum Gasteiger partial charge on any atom is 0.223 e. The second kappa shape index (κ2) is 9.61. The summed E-state index contributed by atoms with van der Waals surface area (Å²) in [5, 5.41) is 4.21. The molecule has 0 saturated heterocycles. The highest BCUT2D eigenvalue weighted by Gasteiger charge is 2.25. The van der Waals surface area contributed by atoms with E-state index < -0.39 is 0 Å². The van der Waals surface area contributed by atoms with Crippen LogP contribution in [-0.2, 0) is 4.79 Å². The Morgan fingerprint density at radius 1 is 1.19 bits per heavy atom. The Balaban J connectivity index is 2.21. The van der Waals surface area contributed by atoms with Gasteiger partial charge in [-0.25, -0.2) is 4.98 Å². The molecular formula is C21H29Cl2N3O. The molecule has 0 aliphatic rings. The third-order valence-electron chi connectivity index (χ3n) is 4.70. The van der Waals surface area contributed by atoms with Crippen molar-refractivity contribution in [2.45, 2.75) is 53.5 Å². The van der Waals surface area contributed by atoms with Crippen molar-refractivity contribution in [2.24, 2.45) is 17.8 Å². The predicted molar refractivity (Wildman–Crippen MR) is 113 cm³/mol. The minimum absolute atomic E-state index is 0.0238. The number of aromatic amines is 1. The molecule has 1 amide bonds. The Kier molecular flexibility index (Phi) is 7.75. The summed E-state index contributed by atoms with van der Waals surface area (Å²) in [5.41, 5.74) is 1.75. The summed E-state index contributed by atoms with van der Waals surface area (Å²) in [6, 6.07) is 5.29. The van der Waals surface area contributed by atoms with Gasteiger partial charge in [-0.1, -0.05) is 63.9 Å². The number of imidazole rings is 1. The number of hydrogen-bond acceptors (Lipinski definition) is 2. The van der Waals surface area contributed by atoms with Gasteiger partial charge in [0.15, 0.2) is 0 Å². The summed E-state index contributed by atoms with van der Waals surface area (Å²) in [5.74, 6) is 1.56. The van der Waals surface area contributed by atoms with E-state index in [0.29, 0.717) is 16.0 Å². The molecule has 1 aromatic carbocycles. The van der Waals surface area contributed by atoms with Crippen LogP contribution in [0, 0.1) is 17.8 Å². The zero-order valence-electron chi connectivity index (χ0n) is 16.6. The van der Waals surface area contributed by atoms with Gasteiger partial charge in [-0.15, -0.1) is 0 Å². The van der Waals surface area contributed by atoms with Gasteiger partial charge in [0.1, 0.15) is 5.82 Å². The number of rotatable bonds is 8. The first-order valence-electron chi connectivity index (χ1n) is 9.53. The molecule has 0 bridgehead atoms. The van der Waals surface area contributed by atoms with Gasteiger partial charge in [0.25, 0.3) is 0 Å². The SMILES string of the molecule is CCC(CC(C)C)C(=O)N[C@H](c1ncc(-c2ccc(Cl)c(Cl)c2)[nH]1)C(C)C. The van der Waals surface area contributed by atoms with Crippen LogP contribution in [0.15, 0.2) is 24.4 Å². The average Bonchev–Trinajstić information content (AvgIpc) is 3.08. The van der Waals surface area contributed by atoms with Crippen LogP contribution in [0.1, 0.15) is 59.3 Å². The number of benzene rings is 1. The number of hydrogen-bond donors (Lipinski definition) is 2. The minimum atomic E-state index is -0.171. The van der Waals surface area contributed by atoms with Crippen molar-refractivity contribution in [1.82, 2.24) is 15.3 Å². The summed E-state index contributed by atoms with van der Waals surface area (Å²) < 4.78 is 0. The van der Waals surface area contributed by atoms with E-state index in [0.717, 1.165) is 29.9 Å². The van der Waals surface area contributed by atoms with Crippen molar-refractivity contribution in [2.75, 3.05) is 0 Å². The molecule has 0 spiro atoms. The van der Waals surface area contributed by atoms with Gasteiger partial charge >= 0.3 is 0 Å². The predicted octanol–water partition coefficient (Wildman–Crippen LogP) is 6.27. The molecule has 0 radical (unpaired) electrons. The van der Waals surface area contributed by atoms with Gasteiger partial charge in [0.2, 0.25) is 5.91 Å². The first kappa shape index (κ1) is 21.8. The fourth-order valence-electron chi connectivity index (χ4n) is 3.16. The van der Waals surface area contributed by atoms with Crippen LogP contribution >= 0.6 is 23.2 Å². The first-order chi connectivity index (χ1) is 12.7. The number of amides is 1. The van der Waals surface area contributed by atoms with Crippen molar-refractivity contribution >= 4 is 29.1 Å². The van der Waals surface area contributed by atoms with E-state index in [2.05, 4.69) is 49.9 Å². The van der Waals surface area contributed by atoms with Gasteiger partial charge in [0.05, 0.1) is 28.0 Å². The number of nitrogens with one attached hydrogen (secondary N) is 2. The zero-order valence-corrected chi connectivity index (χ0v) is 18.2. The molecular weight excluding hydrogens is 381 g/mol. The molecule has 6 heteroatoms. The largest absolute Gasteiger partial charge is 0.346 e. The van der Waals surface area contributed by atoms with Crippen molar-refractivity contribution in [3.63, 3.8) is 0 Å². The molecule has 2 atom stereocenters. The Labute approximate surface area is 172 Å². The summed E-state index contributed by atoms with van der Waals surface area (Å²) in [6.07, 6.45) is 3.49. The third-order valence-corrected chi connectivity index (χ3v) is 5.44. The maximum atomic E-state index is 12.8. The standard InChI is InChI=1S/C21H29Cl2N3O/c1-6-14(9-12(2)3)21(27)26-19(13(4)5)20-24-11-18(25-20)15-7-8-16(22)17(23)10-15/h7-8,10-14,19H,6,9H2,1-5H3,(H,24,25)(H,26,27)/t14?,19-/m0/s1. The third kappa shape index (κ3) is 5.73. The maximum absolute atomic E-state index is 12.8. The quantitative estimate of drug-likeness (QED) is 0.539. The lowest BCUT2D eigenvalue weighted by molar-refractivity contribution is -0.126. The van der Waals surface area contributed by atoms with E-state index >= 15 is 0 Å². The fraction of sp³-hybridized carbons (Fsp3) is 0.524. The molecule has 0 saturated carbocycles. The van der Waals surface area contributed by atoms with E-state index in [1.54, 1.807) is 18.3 Å². The highest BCUT2D eigenvalue weighted by molar-refractivity contribution is 6.42. The fourth-order valence-corrected chi connectivity index (χ4v) is 3.45. The molecule has 2 rings (SSSR count). The molecule has 27 heavy (non-hydrogen) atoms. The van der Waals surface area contributed by atoms with Crippen LogP contribution < -0.4 is 5.32 Å². The van der Waals surface area contributed by atoms with Gasteiger partial charge in [-0.3, -0.25) is 4.79 Å². The summed E-state index contributed by atoms with van der Waals surface area (Å²) in [4.78, 5) is 20.6. The second-order valence-corrected chi connectivity index (χ2v) is 8.59. The van der Waals surface area contributed by atoms with Crippen LogP contribution in [0.4, 0.5) is 0 Å². The molecule has 148 valence electrons. The number of carbonyl (C=O) groups is 1. The van der Waals surface area contributed by atoms with Crippen molar-refractivity contribution in [3.05, 3.63) is 40.3 Å². The lowest BCUT2D eigenvalue weighted by Gasteiger charge is -2.24. The lowest BCUT2D eigenvalue weighted by Crippen LogP contribution is -2.37. The molecule has 0 aliphatic carbocycles. The highest BCUT2D eigenvalue weighted by Crippen LogP contribution is 2.29. The number of nitrogens with zero attached hydrogens (tertiary/aromatic N) is 1. The number of H-pyrrole nitrogens is 1. The molecule has 2 aromatic rings. The lowest BCUT2D eigenvalue weighted by atomic mass is 9.93. The van der Waals surface area contributed by atoms with Crippen molar-refractivity contribution in [3.8, 4) is 11.3 Å². The minimum Gasteiger partial charge on any atom is -0.346 e. The van der Waals surface area contributed by atoms with E-state index in [1.165, 1.54) is 0 Å². The normalized spacial score (nSPS) is 13.8. The molecule has 0 fully saturated rings. The van der Waals surface area contributed by atoms with Crippen molar-refractivity contribution in [1.29, 1.82) is 0 Å². The van der Waals surface area contributed by atoms with Gasteiger partial charge in [-0.05, 0) is 36.8 Å². The van der Waals surface area contributed by atoms with E-state index in [9.17, 15) is 4.79 Å². The van der Waals surface area contributed by atoms with Crippen LogP contribution in [0.25, 0.3) is 11.3 Å². The molecule has 2 N–H and O–H groups in total. The van der Waals surface area contributed by atoms with E-state index in [1.807, 2.05) is 6.07 Å². The Morgan fingerprint density at radius 3 is 2.44 bits per heavy atom.